The van der Waals surface area contributed by atoms with Crippen LogP contribution in [0, 0.1) is 5.92 Å². The molecule has 0 aliphatic heterocycles. The number of aromatic nitrogens is 3. The minimum absolute atomic E-state index is 0.0487. The quantitative estimate of drug-likeness (QED) is 0.634. The molecular formula is C20H22N4OS. The van der Waals surface area contributed by atoms with Crippen LogP contribution in [0.1, 0.15) is 31.5 Å². The van der Waals surface area contributed by atoms with Crippen LogP contribution in [0.5, 0.6) is 0 Å². The van der Waals surface area contributed by atoms with E-state index < -0.39 is 0 Å². The fourth-order valence-electron chi connectivity index (χ4n) is 3.52. The predicted molar refractivity (Wildman–Crippen MR) is 105 cm³/mol. The minimum Gasteiger partial charge on any atom is -0.325 e. The van der Waals surface area contributed by atoms with E-state index in [1.54, 1.807) is 0 Å². The van der Waals surface area contributed by atoms with E-state index in [0.717, 1.165) is 34.6 Å². The maximum absolute atomic E-state index is 12.2. The molecule has 1 fully saturated rings. The van der Waals surface area contributed by atoms with Crippen LogP contribution in [-0.2, 0) is 11.2 Å². The second-order valence-electron chi connectivity index (χ2n) is 6.82. The number of carbonyl (C=O) groups excluding carboxylic acids is 1. The molecule has 134 valence electrons. The zero-order valence-corrected chi connectivity index (χ0v) is 15.4. The summed E-state index contributed by atoms with van der Waals surface area (Å²) < 4.78 is 0. The topological polar surface area (TPSA) is 70.7 Å². The van der Waals surface area contributed by atoms with E-state index in [2.05, 4.69) is 26.6 Å². The van der Waals surface area contributed by atoms with E-state index in [9.17, 15) is 4.79 Å². The van der Waals surface area contributed by atoms with Gasteiger partial charge >= 0.3 is 0 Å². The molecule has 0 atom stereocenters. The van der Waals surface area contributed by atoms with Crippen molar-refractivity contribution < 1.29 is 4.79 Å². The van der Waals surface area contributed by atoms with E-state index in [4.69, 9.17) is 0 Å². The van der Waals surface area contributed by atoms with Gasteiger partial charge in [0.05, 0.1) is 5.75 Å². The van der Waals surface area contributed by atoms with Crippen molar-refractivity contribution in [2.75, 3.05) is 11.1 Å². The molecule has 5 nitrogen and oxygen atoms in total. The number of H-pyrrole nitrogens is 1. The number of rotatable bonds is 6. The average Bonchev–Trinajstić information content (AvgIpc) is 3.32. The normalized spacial score (nSPS) is 14.8. The summed E-state index contributed by atoms with van der Waals surface area (Å²) in [4.78, 5) is 16.7. The lowest BCUT2D eigenvalue weighted by Gasteiger charge is -2.06. The van der Waals surface area contributed by atoms with Gasteiger partial charge in [-0.05, 0) is 28.8 Å². The van der Waals surface area contributed by atoms with Crippen molar-refractivity contribution >= 4 is 34.1 Å². The molecule has 1 heterocycles. The summed E-state index contributed by atoms with van der Waals surface area (Å²) in [7, 11) is 0. The van der Waals surface area contributed by atoms with E-state index in [0.29, 0.717) is 10.9 Å². The zero-order chi connectivity index (χ0) is 17.8. The van der Waals surface area contributed by atoms with E-state index in [1.165, 1.54) is 37.4 Å². The molecule has 1 amide bonds. The Balaban J connectivity index is 1.29. The summed E-state index contributed by atoms with van der Waals surface area (Å²) in [6.07, 6.45) is 6.20. The third-order valence-electron chi connectivity index (χ3n) is 4.83. The van der Waals surface area contributed by atoms with Crippen LogP contribution in [-0.4, -0.2) is 26.8 Å². The van der Waals surface area contributed by atoms with Crippen molar-refractivity contribution in [2.24, 2.45) is 5.92 Å². The first-order chi connectivity index (χ1) is 12.8. The number of amides is 1. The summed E-state index contributed by atoms with van der Waals surface area (Å²) in [5.74, 6) is 1.92. The maximum Gasteiger partial charge on any atom is 0.234 e. The van der Waals surface area contributed by atoms with Crippen molar-refractivity contribution in [3.8, 4) is 0 Å². The fraction of sp³-hybridized carbons (Fsp3) is 0.350. The summed E-state index contributed by atoms with van der Waals surface area (Å²) >= 11 is 1.36. The second-order valence-corrected chi connectivity index (χ2v) is 7.76. The SMILES string of the molecule is O=C(CSc1n[nH]c(CC2CCCC2)n1)Nc1ccc2ccccc2c1. The van der Waals surface area contributed by atoms with Gasteiger partial charge in [0.1, 0.15) is 5.82 Å². The summed E-state index contributed by atoms with van der Waals surface area (Å²) in [5, 5.41) is 13.1. The Kier molecular flexibility index (Phi) is 5.20. The molecular weight excluding hydrogens is 344 g/mol. The summed E-state index contributed by atoms with van der Waals surface area (Å²) in [5.41, 5.74) is 0.811. The van der Waals surface area contributed by atoms with Crippen molar-refractivity contribution in [3.05, 3.63) is 48.3 Å². The molecule has 1 aliphatic carbocycles. The minimum atomic E-state index is -0.0487. The highest BCUT2D eigenvalue weighted by Gasteiger charge is 2.17. The fourth-order valence-corrected chi connectivity index (χ4v) is 4.13. The van der Waals surface area contributed by atoms with Gasteiger partial charge < -0.3 is 5.32 Å². The number of fused-ring (bicyclic) bond motifs is 1. The number of anilines is 1. The molecule has 1 aromatic heterocycles. The van der Waals surface area contributed by atoms with E-state index in [1.807, 2.05) is 36.4 Å². The predicted octanol–water partition coefficient (Wildman–Crippen LogP) is 4.42. The molecule has 0 unspecified atom stereocenters. The van der Waals surface area contributed by atoms with Gasteiger partial charge in [-0.2, -0.15) is 0 Å². The molecule has 2 N–H and O–H groups in total. The van der Waals surface area contributed by atoms with Gasteiger partial charge in [-0.25, -0.2) is 4.98 Å². The van der Waals surface area contributed by atoms with Gasteiger partial charge in [0.15, 0.2) is 0 Å². The zero-order valence-electron chi connectivity index (χ0n) is 14.6. The molecule has 0 bridgehead atoms. The molecule has 0 saturated heterocycles. The highest BCUT2D eigenvalue weighted by Crippen LogP contribution is 2.27. The van der Waals surface area contributed by atoms with Crippen LogP contribution < -0.4 is 5.32 Å². The summed E-state index contributed by atoms with van der Waals surface area (Å²) in [6, 6.07) is 14.0. The molecule has 4 rings (SSSR count). The van der Waals surface area contributed by atoms with Gasteiger partial charge in [-0.15, -0.1) is 5.10 Å². The number of nitrogens with one attached hydrogen (secondary N) is 2. The number of thioether (sulfide) groups is 1. The number of nitrogens with zero attached hydrogens (tertiary/aromatic N) is 2. The van der Waals surface area contributed by atoms with Crippen LogP contribution >= 0.6 is 11.8 Å². The molecule has 2 aromatic carbocycles. The van der Waals surface area contributed by atoms with Gasteiger partial charge in [0, 0.05) is 12.1 Å². The maximum atomic E-state index is 12.2. The van der Waals surface area contributed by atoms with Gasteiger partial charge in [0.25, 0.3) is 0 Å². The van der Waals surface area contributed by atoms with Crippen LogP contribution in [0.4, 0.5) is 5.69 Å². The van der Waals surface area contributed by atoms with Crippen molar-refractivity contribution in [2.45, 2.75) is 37.3 Å². The molecule has 0 spiro atoms. The van der Waals surface area contributed by atoms with Gasteiger partial charge in [-0.3, -0.25) is 9.89 Å². The number of hydrogen-bond acceptors (Lipinski definition) is 4. The third-order valence-corrected chi connectivity index (χ3v) is 5.68. The lowest BCUT2D eigenvalue weighted by Crippen LogP contribution is -2.14. The first-order valence-corrected chi connectivity index (χ1v) is 10.1. The van der Waals surface area contributed by atoms with Crippen LogP contribution in [0.25, 0.3) is 10.8 Å². The smallest absolute Gasteiger partial charge is 0.234 e. The molecule has 3 aromatic rings. The highest BCUT2D eigenvalue weighted by molar-refractivity contribution is 7.99. The summed E-state index contributed by atoms with van der Waals surface area (Å²) in [6.45, 7) is 0. The Morgan fingerprint density at radius 2 is 1.96 bits per heavy atom. The first kappa shape index (κ1) is 17.1. The number of benzene rings is 2. The van der Waals surface area contributed by atoms with Crippen molar-refractivity contribution in [3.63, 3.8) is 0 Å². The number of hydrogen-bond donors (Lipinski definition) is 2. The standard InChI is InChI=1S/C20H22N4OS/c25-19(21-17-10-9-15-7-3-4-8-16(15)12-17)13-26-20-22-18(23-24-20)11-14-5-1-2-6-14/h3-4,7-10,12,14H,1-2,5-6,11,13H2,(H,21,25)(H,22,23,24). The number of aromatic amines is 1. The first-order valence-electron chi connectivity index (χ1n) is 9.09. The molecule has 1 saturated carbocycles. The third kappa shape index (κ3) is 4.25. The van der Waals surface area contributed by atoms with Gasteiger partial charge in [-0.1, -0.05) is 67.8 Å². The van der Waals surface area contributed by atoms with Crippen molar-refractivity contribution in [1.29, 1.82) is 0 Å². The number of carbonyl (C=O) groups is 1. The Hall–Kier alpha value is -2.34. The van der Waals surface area contributed by atoms with E-state index in [-0.39, 0.29) is 5.91 Å². The lowest BCUT2D eigenvalue weighted by atomic mass is 10.0. The average molecular weight is 366 g/mol. The Morgan fingerprint density at radius 1 is 1.15 bits per heavy atom. The lowest BCUT2D eigenvalue weighted by molar-refractivity contribution is -0.113. The molecule has 0 radical (unpaired) electrons. The van der Waals surface area contributed by atoms with Gasteiger partial charge in [0.2, 0.25) is 11.1 Å². The van der Waals surface area contributed by atoms with Crippen molar-refractivity contribution in [1.82, 2.24) is 15.2 Å². The van der Waals surface area contributed by atoms with Crippen LogP contribution in [0.15, 0.2) is 47.6 Å². The highest BCUT2D eigenvalue weighted by atomic mass is 32.2. The molecule has 6 heteroatoms. The van der Waals surface area contributed by atoms with Crippen LogP contribution in [0.3, 0.4) is 0 Å². The second kappa shape index (κ2) is 7.91. The molecule has 1 aliphatic rings. The Bertz CT molecular complexity index is 901. The van der Waals surface area contributed by atoms with Crippen LogP contribution in [0.2, 0.25) is 0 Å². The largest absolute Gasteiger partial charge is 0.325 e. The van der Waals surface area contributed by atoms with E-state index >= 15 is 0 Å². The Labute approximate surface area is 157 Å². The monoisotopic (exact) mass is 366 g/mol. The molecule has 26 heavy (non-hydrogen) atoms. The Morgan fingerprint density at radius 3 is 2.81 bits per heavy atom.